The minimum atomic E-state index is -3.00. The van der Waals surface area contributed by atoms with E-state index in [2.05, 4.69) is 4.98 Å². The number of carbonyl (C=O) groups excluding carboxylic acids is 2. The number of hydrogen-bond donors (Lipinski definition) is 1. The molecule has 8 rings (SSSR count). The monoisotopic (exact) mass is 866 g/mol. The molecule has 4 heterocycles. The van der Waals surface area contributed by atoms with Crippen molar-refractivity contribution < 1.29 is 50.5 Å². The first-order chi connectivity index (χ1) is 27.8. The average Bonchev–Trinajstić information content (AvgIpc) is 3.54. The second-order valence-electron chi connectivity index (χ2n) is 13.9. The highest BCUT2D eigenvalue weighted by molar-refractivity contribution is 6.58. The molecule has 0 bridgehead atoms. The van der Waals surface area contributed by atoms with Crippen molar-refractivity contribution in [3.8, 4) is 17.2 Å². The lowest BCUT2D eigenvalue weighted by atomic mass is 9.64. The van der Waals surface area contributed by atoms with Crippen molar-refractivity contribution in [1.82, 2.24) is 23.5 Å². The van der Waals surface area contributed by atoms with E-state index in [1.807, 2.05) is 0 Å². The van der Waals surface area contributed by atoms with Gasteiger partial charge in [0, 0.05) is 50.0 Å². The number of nitrogens with zero attached hydrogens (tertiary/aromatic N) is 6. The predicted molar refractivity (Wildman–Crippen MR) is 195 cm³/mol. The number of imide groups is 1. The Morgan fingerprint density at radius 1 is 0.881 bits per heavy atom. The first-order valence-corrected chi connectivity index (χ1v) is 18.1. The summed E-state index contributed by atoms with van der Waals surface area (Å²) in [5.41, 5.74) is -4.53. The van der Waals surface area contributed by atoms with Gasteiger partial charge in [0.15, 0.2) is 56.1 Å². The van der Waals surface area contributed by atoms with Gasteiger partial charge in [0.05, 0.1) is 37.8 Å². The summed E-state index contributed by atoms with van der Waals surface area (Å²) in [6.07, 6.45) is 0.0931. The lowest BCUT2D eigenvalue weighted by Gasteiger charge is -2.49. The molecule has 3 aliphatic rings. The molecule has 2 amide bonds. The molecule has 3 aromatic carbocycles. The number of hydrogen-bond acceptors (Lipinski definition) is 9. The van der Waals surface area contributed by atoms with Crippen LogP contribution in [0.25, 0.3) is 11.0 Å². The number of amides is 2. The fourth-order valence-corrected chi connectivity index (χ4v) is 9.17. The number of alkyl halides is 2. The number of anilines is 1. The van der Waals surface area contributed by atoms with Crippen LogP contribution in [0.3, 0.4) is 0 Å². The summed E-state index contributed by atoms with van der Waals surface area (Å²) >= 11 is 14.0. The third-order valence-corrected chi connectivity index (χ3v) is 12.5. The molecule has 4 atom stereocenters. The minimum absolute atomic E-state index is 0.0549. The molecule has 308 valence electrons. The van der Waals surface area contributed by atoms with Gasteiger partial charge >= 0.3 is 11.4 Å². The van der Waals surface area contributed by atoms with E-state index >= 15 is 8.78 Å². The van der Waals surface area contributed by atoms with E-state index in [1.54, 1.807) is 6.07 Å². The molecule has 2 fully saturated rings. The van der Waals surface area contributed by atoms with Crippen LogP contribution in [0.4, 0.5) is 32.0 Å². The number of rotatable bonds is 7. The highest BCUT2D eigenvalue weighted by Gasteiger charge is 2.76. The van der Waals surface area contributed by atoms with E-state index in [4.69, 9.17) is 32.7 Å². The van der Waals surface area contributed by atoms with Gasteiger partial charge in [-0.3, -0.25) is 14.4 Å². The van der Waals surface area contributed by atoms with Crippen molar-refractivity contribution in [2.45, 2.75) is 47.6 Å². The van der Waals surface area contributed by atoms with Gasteiger partial charge in [0.2, 0.25) is 5.82 Å². The van der Waals surface area contributed by atoms with Crippen LogP contribution in [0.1, 0.15) is 29.6 Å². The molecule has 2 aromatic heterocycles. The van der Waals surface area contributed by atoms with Gasteiger partial charge in [-0.25, -0.2) is 59.7 Å². The van der Waals surface area contributed by atoms with Gasteiger partial charge in [0.1, 0.15) is 11.4 Å². The number of methoxy groups -OCH3 is 2. The van der Waals surface area contributed by atoms with Crippen molar-refractivity contribution in [3.05, 3.63) is 119 Å². The number of phenolic OH excluding ortho intramolecular Hbond substituents is 1. The Bertz CT molecular complexity index is 2920. The maximum absolute atomic E-state index is 15.3. The number of aromatic hydroxyl groups is 1. The standard InChI is InChI=1S/C37H26Cl2F6N6O8/c1-47-19-12-22(59-3)21(58-2)11-18(19)46-17(31(47)53)8-9-48-34(56)49-10-7-14-20(51(49)35(48)57)13-36(38)32(54)50(29-27(44)25(42)24(41)26(43)28(29)45)33(55)37(36,39)23(14)15-5-4-6-16(40)30(15)52/h4-7,11-12,20,23,52H,8-10,13H2,1-3H3/t20-,23-,36-,37+/m1/s1. The Hall–Kier alpha value is -6.02. The summed E-state index contributed by atoms with van der Waals surface area (Å²) in [5.74, 6) is -20.1. The quantitative estimate of drug-likeness (QED) is 0.0636. The molecular weight excluding hydrogens is 841 g/mol. The molecule has 2 aliphatic heterocycles. The molecule has 14 nitrogen and oxygen atoms in total. The van der Waals surface area contributed by atoms with Crippen molar-refractivity contribution in [1.29, 1.82) is 0 Å². The molecule has 1 saturated carbocycles. The number of halogens is 8. The fourth-order valence-electron chi connectivity index (χ4n) is 8.27. The molecule has 5 aromatic rings. The molecule has 22 heteroatoms. The first-order valence-electron chi connectivity index (χ1n) is 17.3. The second-order valence-corrected chi connectivity index (χ2v) is 15.2. The minimum Gasteiger partial charge on any atom is -0.505 e. The smallest absolute Gasteiger partial charge is 0.347 e. The van der Waals surface area contributed by atoms with Gasteiger partial charge in [-0.05, 0) is 11.6 Å². The molecule has 0 radical (unpaired) electrons. The third-order valence-electron chi connectivity index (χ3n) is 11.1. The van der Waals surface area contributed by atoms with Crippen molar-refractivity contribution in [2.75, 3.05) is 19.1 Å². The summed E-state index contributed by atoms with van der Waals surface area (Å²) in [7, 11) is 4.29. The van der Waals surface area contributed by atoms with Gasteiger partial charge < -0.3 is 19.1 Å². The van der Waals surface area contributed by atoms with Crippen molar-refractivity contribution >= 4 is 51.7 Å². The molecule has 1 N–H and O–H groups in total. The third kappa shape index (κ3) is 5.20. The van der Waals surface area contributed by atoms with Crippen LogP contribution in [0.5, 0.6) is 17.2 Å². The summed E-state index contributed by atoms with van der Waals surface area (Å²) in [6.45, 7) is -0.873. The number of para-hydroxylation sites is 1. The highest BCUT2D eigenvalue weighted by atomic mass is 35.5. The van der Waals surface area contributed by atoms with Crippen LogP contribution in [-0.2, 0) is 36.1 Å². The van der Waals surface area contributed by atoms with Crippen LogP contribution in [0.2, 0.25) is 0 Å². The maximum Gasteiger partial charge on any atom is 0.347 e. The molecule has 1 saturated heterocycles. The van der Waals surface area contributed by atoms with Crippen molar-refractivity contribution in [2.24, 2.45) is 7.05 Å². The predicted octanol–water partition coefficient (Wildman–Crippen LogP) is 4.06. The molecule has 59 heavy (non-hydrogen) atoms. The van der Waals surface area contributed by atoms with Crippen LogP contribution in [-0.4, -0.2) is 64.4 Å². The average molecular weight is 868 g/mol. The van der Waals surface area contributed by atoms with E-state index in [9.17, 15) is 46.6 Å². The zero-order valence-corrected chi connectivity index (χ0v) is 32.0. The number of allylic oxidation sites excluding steroid dienone is 2. The second kappa shape index (κ2) is 13.5. The number of phenols is 1. The summed E-state index contributed by atoms with van der Waals surface area (Å²) in [5, 5.41) is 11.0. The van der Waals surface area contributed by atoms with Crippen LogP contribution in [0.15, 0.2) is 56.4 Å². The number of fused-ring (bicyclic) bond motifs is 5. The fraction of sp³-hybridized carbons (Fsp3) is 0.297. The summed E-state index contributed by atoms with van der Waals surface area (Å²) in [6, 6.07) is 4.49. The Labute approximate surface area is 335 Å². The number of aromatic nitrogens is 5. The van der Waals surface area contributed by atoms with Crippen LogP contribution < -0.4 is 31.3 Å². The maximum atomic E-state index is 15.3. The van der Waals surface area contributed by atoms with Gasteiger partial charge in [0.25, 0.3) is 17.4 Å². The molecule has 1 aliphatic carbocycles. The zero-order valence-electron chi connectivity index (χ0n) is 30.5. The van der Waals surface area contributed by atoms with Crippen molar-refractivity contribution in [3.63, 3.8) is 0 Å². The van der Waals surface area contributed by atoms with E-state index in [0.717, 1.165) is 32.1 Å². The zero-order chi connectivity index (χ0) is 42.8. The van der Waals surface area contributed by atoms with E-state index in [0.29, 0.717) is 22.5 Å². The topological polar surface area (TPSA) is 160 Å². The van der Waals surface area contributed by atoms with Crippen LogP contribution >= 0.6 is 23.2 Å². The molecule has 0 unspecified atom stereocenters. The Balaban J connectivity index is 1.26. The van der Waals surface area contributed by atoms with Gasteiger partial charge in [-0.15, -0.1) is 23.2 Å². The number of carbonyl (C=O) groups is 2. The van der Waals surface area contributed by atoms with Gasteiger partial charge in [-0.1, -0.05) is 18.2 Å². The lowest BCUT2D eigenvalue weighted by molar-refractivity contribution is -0.122. The van der Waals surface area contributed by atoms with E-state index in [1.165, 1.54) is 38.0 Å². The number of aryl methyl sites for hydroxylation is 2. The van der Waals surface area contributed by atoms with E-state index < -0.39 is 127 Å². The lowest BCUT2D eigenvalue weighted by Crippen LogP contribution is -2.59. The highest BCUT2D eigenvalue weighted by Crippen LogP contribution is 2.65. The number of benzene rings is 3. The van der Waals surface area contributed by atoms with E-state index in [-0.39, 0.29) is 17.7 Å². The Kier molecular flexibility index (Phi) is 9.11. The molecule has 0 spiro atoms. The largest absolute Gasteiger partial charge is 0.505 e. The van der Waals surface area contributed by atoms with Gasteiger partial charge in [-0.2, -0.15) is 0 Å². The number of ether oxygens (including phenoxy) is 2. The SMILES string of the molecule is COc1cc2nc(CCn3c(=O)n4n(c3=O)[C@@H]3C[C@@]5(Cl)C(=O)N(c6c(F)c(F)c(F)c(F)c6F)C(=O)[C@@]5(Cl)[C@@H](c5cccc(F)c5O)C3=CC4)c(=O)n(C)c2cc1OC. The summed E-state index contributed by atoms with van der Waals surface area (Å²) < 4.78 is 103. The summed E-state index contributed by atoms with van der Waals surface area (Å²) in [4.78, 5) is 68.3. The Morgan fingerprint density at radius 2 is 1.51 bits per heavy atom. The first kappa shape index (κ1) is 39.8. The van der Waals surface area contributed by atoms with Crippen LogP contribution in [0, 0.1) is 34.9 Å². The Morgan fingerprint density at radius 3 is 2.15 bits per heavy atom. The molecular formula is C37H26Cl2F6N6O8. The normalized spacial score (nSPS) is 22.4.